The number of carbonyl (C=O) groups is 5. The van der Waals surface area contributed by atoms with Gasteiger partial charge in [0.25, 0.3) is 0 Å². The number of nitrogens with zero attached hydrogens (tertiary/aromatic N) is 2. The molecule has 1 saturated heterocycles. The lowest BCUT2D eigenvalue weighted by Gasteiger charge is -2.37. The molecule has 5 atom stereocenters. The SMILES string of the molecule is COC(=O)c1ccc(COC2CC(C(=O)NC3CCCc4ccccc43)N(C(=O)C(NC(=O)[C@H](C)N(C)C(=O)OC(C)(C)C)C(C)(C)C)C2)cc1. The lowest BCUT2D eigenvalue weighted by atomic mass is 9.85. The average molecular weight is 707 g/mol. The van der Waals surface area contributed by atoms with E-state index in [-0.39, 0.29) is 31.5 Å². The normalized spacial score (nSPS) is 20.0. The molecule has 0 bridgehead atoms. The van der Waals surface area contributed by atoms with Crippen molar-refractivity contribution in [3.63, 3.8) is 0 Å². The Morgan fingerprint density at radius 3 is 2.27 bits per heavy atom. The predicted molar refractivity (Wildman–Crippen MR) is 192 cm³/mol. The van der Waals surface area contributed by atoms with E-state index in [1.165, 1.54) is 29.5 Å². The minimum Gasteiger partial charge on any atom is -0.465 e. The molecule has 2 aliphatic rings. The highest BCUT2D eigenvalue weighted by molar-refractivity contribution is 5.95. The van der Waals surface area contributed by atoms with E-state index in [0.29, 0.717) is 5.56 Å². The zero-order valence-electron chi connectivity index (χ0n) is 31.4. The number of hydrogen-bond donors (Lipinski definition) is 2. The second-order valence-corrected chi connectivity index (χ2v) is 15.6. The maximum Gasteiger partial charge on any atom is 0.410 e. The Kier molecular flexibility index (Phi) is 12.5. The molecule has 1 aliphatic carbocycles. The molecule has 0 spiro atoms. The molecule has 0 aromatic heterocycles. The number of benzene rings is 2. The second-order valence-electron chi connectivity index (χ2n) is 15.6. The van der Waals surface area contributed by atoms with Gasteiger partial charge in [-0.05, 0) is 81.2 Å². The van der Waals surface area contributed by atoms with Crippen LogP contribution in [0.4, 0.5) is 4.79 Å². The van der Waals surface area contributed by atoms with Gasteiger partial charge >= 0.3 is 12.1 Å². The van der Waals surface area contributed by atoms with E-state index in [9.17, 15) is 24.0 Å². The lowest BCUT2D eigenvalue weighted by molar-refractivity contribution is -0.144. The summed E-state index contributed by atoms with van der Waals surface area (Å²) in [6.45, 7) is 12.7. The van der Waals surface area contributed by atoms with Crippen molar-refractivity contribution < 1.29 is 38.2 Å². The van der Waals surface area contributed by atoms with Crippen molar-refractivity contribution in [2.24, 2.45) is 5.41 Å². The predicted octanol–water partition coefficient (Wildman–Crippen LogP) is 4.94. The Hall–Kier alpha value is -4.45. The molecule has 4 unspecified atom stereocenters. The topological polar surface area (TPSA) is 144 Å². The van der Waals surface area contributed by atoms with Crippen LogP contribution in [0.3, 0.4) is 0 Å². The molecule has 2 aromatic rings. The summed E-state index contributed by atoms with van der Waals surface area (Å²) in [4.78, 5) is 69.5. The zero-order chi connectivity index (χ0) is 37.7. The number of likely N-dealkylation sites (tertiary alicyclic amines) is 1. The number of carbonyl (C=O) groups excluding carboxylic acids is 5. The zero-order valence-corrected chi connectivity index (χ0v) is 31.4. The van der Waals surface area contributed by atoms with Crippen LogP contribution >= 0.6 is 0 Å². The molecule has 12 heteroatoms. The standard InChI is InChI=1S/C39H54N4O8/c1-24(42(8)37(48)51-39(5,6)7)33(44)41-32(38(2,3)4)35(46)43-22-28(50-23-25-17-19-27(20-18-25)36(47)49-9)21-31(43)34(45)40-30-16-12-14-26-13-10-11-15-29(26)30/h10-11,13,15,17-20,24,28,30-32H,12,14,16,21-23H2,1-9H3,(H,40,45)(H,41,44)/t24-,28?,30?,31?,32?/m0/s1. The molecule has 2 aromatic carbocycles. The first-order valence-corrected chi connectivity index (χ1v) is 17.6. The smallest absolute Gasteiger partial charge is 0.410 e. The number of esters is 1. The van der Waals surface area contributed by atoms with Gasteiger partial charge in [0.05, 0.1) is 31.4 Å². The molecule has 2 N–H and O–H groups in total. The number of fused-ring (bicyclic) bond motifs is 1. The van der Waals surface area contributed by atoms with E-state index in [4.69, 9.17) is 14.2 Å². The van der Waals surface area contributed by atoms with Crippen molar-refractivity contribution in [1.29, 1.82) is 0 Å². The van der Waals surface area contributed by atoms with Crippen molar-refractivity contribution in [2.75, 3.05) is 20.7 Å². The maximum absolute atomic E-state index is 14.5. The molecular weight excluding hydrogens is 652 g/mol. The first-order valence-electron chi connectivity index (χ1n) is 17.6. The van der Waals surface area contributed by atoms with Crippen LogP contribution in [0.1, 0.15) is 101 Å². The van der Waals surface area contributed by atoms with E-state index in [1.807, 2.05) is 39.0 Å². The van der Waals surface area contributed by atoms with E-state index < -0.39 is 59.1 Å². The molecule has 0 radical (unpaired) electrons. The number of hydrogen-bond acceptors (Lipinski definition) is 8. The highest BCUT2D eigenvalue weighted by atomic mass is 16.6. The summed E-state index contributed by atoms with van der Waals surface area (Å²) in [6.07, 6.45) is 1.79. The molecule has 51 heavy (non-hydrogen) atoms. The third kappa shape index (κ3) is 10.1. The average Bonchev–Trinajstić information content (AvgIpc) is 3.52. The van der Waals surface area contributed by atoms with Crippen LogP contribution in [-0.4, -0.2) is 90.1 Å². The number of nitrogens with one attached hydrogen (secondary N) is 2. The van der Waals surface area contributed by atoms with E-state index >= 15 is 0 Å². The van der Waals surface area contributed by atoms with Crippen molar-refractivity contribution in [1.82, 2.24) is 20.4 Å². The molecule has 12 nitrogen and oxygen atoms in total. The fourth-order valence-electron chi connectivity index (χ4n) is 6.40. The fraction of sp³-hybridized carbons (Fsp3) is 0.564. The molecule has 1 aliphatic heterocycles. The fourth-order valence-corrected chi connectivity index (χ4v) is 6.40. The van der Waals surface area contributed by atoms with Crippen LogP contribution in [0.15, 0.2) is 48.5 Å². The van der Waals surface area contributed by atoms with E-state index in [2.05, 4.69) is 16.7 Å². The summed E-state index contributed by atoms with van der Waals surface area (Å²) < 4.78 is 16.5. The molecule has 1 heterocycles. The van der Waals surface area contributed by atoms with Gasteiger partial charge in [-0.25, -0.2) is 9.59 Å². The van der Waals surface area contributed by atoms with Gasteiger partial charge in [-0.3, -0.25) is 19.3 Å². The Labute approximate surface area is 301 Å². The molecular formula is C39H54N4O8. The van der Waals surface area contributed by atoms with Crippen LogP contribution in [0, 0.1) is 5.41 Å². The lowest BCUT2D eigenvalue weighted by Crippen LogP contribution is -2.60. The van der Waals surface area contributed by atoms with Crippen LogP contribution in [0.25, 0.3) is 0 Å². The summed E-state index contributed by atoms with van der Waals surface area (Å²) in [7, 11) is 2.80. The number of ether oxygens (including phenoxy) is 3. The first-order chi connectivity index (χ1) is 23.9. The van der Waals surface area contributed by atoms with E-state index in [1.54, 1.807) is 52.0 Å². The third-order valence-electron chi connectivity index (χ3n) is 9.44. The highest BCUT2D eigenvalue weighted by Crippen LogP contribution is 2.32. The number of aryl methyl sites for hydroxylation is 1. The van der Waals surface area contributed by atoms with Crippen molar-refractivity contribution in [3.05, 3.63) is 70.8 Å². The van der Waals surface area contributed by atoms with Crippen molar-refractivity contribution >= 4 is 29.8 Å². The van der Waals surface area contributed by atoms with Gasteiger partial charge < -0.3 is 29.7 Å². The van der Waals surface area contributed by atoms with Gasteiger partial charge in [0, 0.05) is 20.0 Å². The summed E-state index contributed by atoms with van der Waals surface area (Å²) in [6, 6.07) is 12.0. The summed E-state index contributed by atoms with van der Waals surface area (Å²) in [5, 5.41) is 6.11. The Balaban J connectivity index is 1.55. The van der Waals surface area contributed by atoms with E-state index in [0.717, 1.165) is 30.4 Å². The monoisotopic (exact) mass is 706 g/mol. The Bertz CT molecular complexity index is 1580. The molecule has 278 valence electrons. The second kappa shape index (κ2) is 16.3. The maximum atomic E-state index is 14.5. The van der Waals surface area contributed by atoms with Crippen LogP contribution in [-0.2, 0) is 41.6 Å². The summed E-state index contributed by atoms with van der Waals surface area (Å²) in [5.41, 5.74) is 2.02. The minimum atomic E-state index is -1.02. The number of rotatable bonds is 10. The molecule has 1 fully saturated rings. The van der Waals surface area contributed by atoms with Crippen LogP contribution in [0.5, 0.6) is 0 Å². The van der Waals surface area contributed by atoms with Crippen LogP contribution < -0.4 is 10.6 Å². The Morgan fingerprint density at radius 2 is 1.65 bits per heavy atom. The molecule has 4 amide bonds. The van der Waals surface area contributed by atoms with Gasteiger partial charge in [-0.1, -0.05) is 57.2 Å². The summed E-state index contributed by atoms with van der Waals surface area (Å²) in [5.74, 6) is -1.66. The van der Waals surface area contributed by atoms with Gasteiger partial charge in [0.15, 0.2) is 0 Å². The minimum absolute atomic E-state index is 0.133. The summed E-state index contributed by atoms with van der Waals surface area (Å²) >= 11 is 0. The van der Waals surface area contributed by atoms with Gasteiger partial charge in [-0.15, -0.1) is 0 Å². The van der Waals surface area contributed by atoms with Gasteiger partial charge in [0.2, 0.25) is 17.7 Å². The van der Waals surface area contributed by atoms with Crippen molar-refractivity contribution in [3.8, 4) is 0 Å². The number of methoxy groups -OCH3 is 1. The highest BCUT2D eigenvalue weighted by Gasteiger charge is 2.46. The van der Waals surface area contributed by atoms with Gasteiger partial charge in [-0.2, -0.15) is 0 Å². The molecule has 4 rings (SSSR count). The largest absolute Gasteiger partial charge is 0.465 e. The Morgan fingerprint density at radius 1 is 0.980 bits per heavy atom. The first kappa shape index (κ1) is 39.3. The van der Waals surface area contributed by atoms with Gasteiger partial charge in [0.1, 0.15) is 23.7 Å². The number of likely N-dealkylation sites (N-methyl/N-ethyl adjacent to an activating group) is 1. The molecule has 0 saturated carbocycles. The van der Waals surface area contributed by atoms with Crippen LogP contribution in [0.2, 0.25) is 0 Å². The number of amides is 4. The van der Waals surface area contributed by atoms with Crippen molar-refractivity contribution in [2.45, 2.75) is 117 Å². The quantitative estimate of drug-likeness (QED) is 0.331. The third-order valence-corrected chi connectivity index (χ3v) is 9.44.